The van der Waals surface area contributed by atoms with E-state index in [1.807, 2.05) is 36.4 Å². The number of carbonyl (C=O) groups is 1. The first-order valence-electron chi connectivity index (χ1n) is 10.4. The fourth-order valence-corrected chi connectivity index (χ4v) is 5.07. The average Bonchev–Trinajstić information content (AvgIpc) is 2.73. The number of hydrogen-bond donors (Lipinski definition) is 1. The van der Waals surface area contributed by atoms with Crippen LogP contribution in [0.5, 0.6) is 0 Å². The molecule has 0 radical (unpaired) electrons. The van der Waals surface area contributed by atoms with Crippen molar-refractivity contribution in [2.75, 3.05) is 43.4 Å². The lowest BCUT2D eigenvalue weighted by Crippen LogP contribution is -2.50. The molecule has 0 bridgehead atoms. The molecule has 0 unspecified atom stereocenters. The predicted octanol–water partition coefficient (Wildman–Crippen LogP) is 3.52. The molecule has 0 atom stereocenters. The number of hydrogen-bond acceptors (Lipinski definition) is 4. The summed E-state index contributed by atoms with van der Waals surface area (Å²) in [6.45, 7) is 8.45. The van der Waals surface area contributed by atoms with Crippen molar-refractivity contribution in [2.45, 2.75) is 26.2 Å². The number of amides is 1. The van der Waals surface area contributed by atoms with Gasteiger partial charge in [0.15, 0.2) is 0 Å². The van der Waals surface area contributed by atoms with Crippen LogP contribution in [0.25, 0.3) is 0 Å². The Hall–Kier alpha value is -2.09. The molecule has 168 valence electrons. The first-order chi connectivity index (χ1) is 14.6. The third-order valence-corrected chi connectivity index (χ3v) is 7.57. The van der Waals surface area contributed by atoms with Gasteiger partial charge < -0.3 is 10.2 Å². The number of halogens is 1. The molecule has 6 nitrogen and oxygen atoms in total. The predicted molar refractivity (Wildman–Crippen MR) is 127 cm³/mol. The molecular formula is C23H30ClN3O3S. The van der Waals surface area contributed by atoms with E-state index in [1.165, 1.54) is 4.31 Å². The maximum atomic E-state index is 12.7. The van der Waals surface area contributed by atoms with Crippen LogP contribution in [0, 0.1) is 0 Å². The van der Waals surface area contributed by atoms with Gasteiger partial charge in [0.25, 0.3) is 5.91 Å². The van der Waals surface area contributed by atoms with E-state index < -0.39 is 10.0 Å². The van der Waals surface area contributed by atoms with E-state index in [4.69, 9.17) is 11.6 Å². The Morgan fingerprint density at radius 3 is 2.26 bits per heavy atom. The molecule has 0 spiro atoms. The summed E-state index contributed by atoms with van der Waals surface area (Å²) >= 11 is 6.05. The van der Waals surface area contributed by atoms with Gasteiger partial charge in [-0.1, -0.05) is 50.6 Å². The average molecular weight is 464 g/mol. The minimum absolute atomic E-state index is 0.0138. The van der Waals surface area contributed by atoms with Gasteiger partial charge in [0.1, 0.15) is 0 Å². The van der Waals surface area contributed by atoms with E-state index >= 15 is 0 Å². The van der Waals surface area contributed by atoms with Crippen LogP contribution >= 0.6 is 11.6 Å². The van der Waals surface area contributed by atoms with Gasteiger partial charge in [-0.25, -0.2) is 8.42 Å². The van der Waals surface area contributed by atoms with E-state index in [-0.39, 0.29) is 23.6 Å². The van der Waals surface area contributed by atoms with Crippen LogP contribution in [0.2, 0.25) is 5.02 Å². The van der Waals surface area contributed by atoms with Gasteiger partial charge in [0, 0.05) is 49.0 Å². The summed E-state index contributed by atoms with van der Waals surface area (Å²) in [6, 6.07) is 15.0. The quantitative estimate of drug-likeness (QED) is 0.711. The lowest BCUT2D eigenvalue weighted by atomic mass is 9.87. The molecule has 1 fully saturated rings. The molecule has 1 aliphatic rings. The Kier molecular flexibility index (Phi) is 7.29. The minimum Gasteiger partial charge on any atom is -0.369 e. The summed E-state index contributed by atoms with van der Waals surface area (Å²) in [5.41, 5.74) is 2.68. The number of nitrogens with zero attached hydrogens (tertiary/aromatic N) is 2. The highest BCUT2D eigenvalue weighted by atomic mass is 35.5. The van der Waals surface area contributed by atoms with Crippen LogP contribution in [-0.2, 0) is 15.4 Å². The highest BCUT2D eigenvalue weighted by Gasteiger charge is 2.27. The Morgan fingerprint density at radius 2 is 1.68 bits per heavy atom. The number of rotatable bonds is 6. The molecule has 8 heteroatoms. The highest BCUT2D eigenvalue weighted by molar-refractivity contribution is 7.89. The zero-order valence-corrected chi connectivity index (χ0v) is 19.8. The van der Waals surface area contributed by atoms with Gasteiger partial charge in [-0.15, -0.1) is 0 Å². The molecule has 1 saturated heterocycles. The van der Waals surface area contributed by atoms with Crippen LogP contribution in [0.3, 0.4) is 0 Å². The Labute approximate surface area is 190 Å². The van der Waals surface area contributed by atoms with Crippen molar-refractivity contribution in [2.24, 2.45) is 0 Å². The molecule has 2 aromatic carbocycles. The smallest absolute Gasteiger partial charge is 0.251 e. The lowest BCUT2D eigenvalue weighted by Gasteiger charge is -2.35. The molecule has 1 heterocycles. The van der Waals surface area contributed by atoms with Crippen molar-refractivity contribution in [3.63, 3.8) is 0 Å². The van der Waals surface area contributed by atoms with Gasteiger partial charge in [-0.3, -0.25) is 4.79 Å². The fraction of sp³-hybridized carbons (Fsp3) is 0.435. The van der Waals surface area contributed by atoms with Crippen LogP contribution in [0.15, 0.2) is 48.5 Å². The zero-order chi connectivity index (χ0) is 22.6. The third kappa shape index (κ3) is 6.21. The van der Waals surface area contributed by atoms with Crippen molar-refractivity contribution < 1.29 is 13.2 Å². The Balaban J connectivity index is 1.48. The van der Waals surface area contributed by atoms with E-state index in [0.29, 0.717) is 36.8 Å². The molecule has 1 aliphatic heterocycles. The second kappa shape index (κ2) is 9.59. The standard InChI is InChI=1S/C23H30ClN3O3S/c1-23(2,3)19-9-7-18(8-10-19)22(28)25-11-16-31(29,30)27-14-12-26(13-15-27)21-6-4-5-20(24)17-21/h4-10,17H,11-16H2,1-3H3,(H,25,28). The molecule has 31 heavy (non-hydrogen) atoms. The first kappa shape index (κ1) is 23.6. The molecule has 0 saturated carbocycles. The molecule has 3 rings (SSSR count). The molecule has 2 aromatic rings. The van der Waals surface area contributed by atoms with Crippen molar-refractivity contribution in [3.8, 4) is 0 Å². The Bertz CT molecular complexity index is 1010. The largest absolute Gasteiger partial charge is 0.369 e. The third-order valence-electron chi connectivity index (χ3n) is 5.46. The first-order valence-corrected chi connectivity index (χ1v) is 12.4. The summed E-state index contributed by atoms with van der Waals surface area (Å²) in [6.07, 6.45) is 0. The molecular weight excluding hydrogens is 434 g/mol. The van der Waals surface area contributed by atoms with Crippen molar-refractivity contribution >= 4 is 33.2 Å². The summed E-state index contributed by atoms with van der Waals surface area (Å²) in [4.78, 5) is 14.5. The number of carbonyl (C=O) groups excluding carboxylic acids is 1. The molecule has 1 amide bonds. The minimum atomic E-state index is -3.44. The highest BCUT2D eigenvalue weighted by Crippen LogP contribution is 2.23. The number of nitrogens with one attached hydrogen (secondary N) is 1. The maximum Gasteiger partial charge on any atom is 0.251 e. The van der Waals surface area contributed by atoms with Crippen LogP contribution in [0.4, 0.5) is 5.69 Å². The SMILES string of the molecule is CC(C)(C)c1ccc(C(=O)NCCS(=O)(=O)N2CCN(c3cccc(Cl)c3)CC2)cc1. The van der Waals surface area contributed by atoms with Crippen molar-refractivity contribution in [1.29, 1.82) is 0 Å². The van der Waals surface area contributed by atoms with Gasteiger partial charge in [-0.2, -0.15) is 4.31 Å². The molecule has 0 aliphatic carbocycles. The topological polar surface area (TPSA) is 69.7 Å². The molecule has 1 N–H and O–H groups in total. The number of sulfonamides is 1. The summed E-state index contributed by atoms with van der Waals surface area (Å²) in [5, 5.41) is 3.39. The van der Waals surface area contributed by atoms with E-state index in [1.54, 1.807) is 12.1 Å². The second-order valence-corrected chi connectivity index (χ2v) is 11.3. The number of anilines is 1. The Morgan fingerprint density at radius 1 is 1.03 bits per heavy atom. The van der Waals surface area contributed by atoms with E-state index in [2.05, 4.69) is 31.0 Å². The number of benzene rings is 2. The monoisotopic (exact) mass is 463 g/mol. The van der Waals surface area contributed by atoms with Gasteiger partial charge in [0.05, 0.1) is 5.75 Å². The second-order valence-electron chi connectivity index (χ2n) is 8.77. The normalized spacial score (nSPS) is 15.7. The van der Waals surface area contributed by atoms with Gasteiger partial charge in [0.2, 0.25) is 10.0 Å². The summed E-state index contributed by atoms with van der Waals surface area (Å²) < 4.78 is 26.9. The molecule has 0 aromatic heterocycles. The van der Waals surface area contributed by atoms with Crippen LogP contribution in [0.1, 0.15) is 36.7 Å². The maximum absolute atomic E-state index is 12.7. The number of piperazine rings is 1. The van der Waals surface area contributed by atoms with Gasteiger partial charge in [-0.05, 0) is 41.3 Å². The zero-order valence-electron chi connectivity index (χ0n) is 18.3. The summed E-state index contributed by atoms with van der Waals surface area (Å²) in [5.74, 6) is -0.378. The fourth-order valence-electron chi connectivity index (χ4n) is 3.54. The van der Waals surface area contributed by atoms with Crippen LogP contribution < -0.4 is 10.2 Å². The summed E-state index contributed by atoms with van der Waals surface area (Å²) in [7, 11) is -3.44. The van der Waals surface area contributed by atoms with Crippen LogP contribution in [-0.4, -0.2) is 57.1 Å². The van der Waals surface area contributed by atoms with Gasteiger partial charge >= 0.3 is 0 Å². The van der Waals surface area contributed by atoms with Crippen molar-refractivity contribution in [3.05, 3.63) is 64.7 Å². The van der Waals surface area contributed by atoms with E-state index in [0.717, 1.165) is 11.3 Å². The lowest BCUT2D eigenvalue weighted by molar-refractivity contribution is 0.0956. The van der Waals surface area contributed by atoms with E-state index in [9.17, 15) is 13.2 Å². The van der Waals surface area contributed by atoms with Crippen molar-refractivity contribution in [1.82, 2.24) is 9.62 Å².